The topological polar surface area (TPSA) is 42.3 Å². The summed E-state index contributed by atoms with van der Waals surface area (Å²) in [6, 6.07) is 9.65. The third kappa shape index (κ3) is 3.14. The van der Waals surface area contributed by atoms with Gasteiger partial charge in [0, 0.05) is 78.4 Å². The number of aryl methyl sites for hydroxylation is 1. The Morgan fingerprint density at radius 3 is 2.50 bits per heavy atom. The summed E-state index contributed by atoms with van der Waals surface area (Å²) in [5.74, 6) is -2.36. The fourth-order valence-corrected chi connectivity index (χ4v) is 4.96. The van der Waals surface area contributed by atoms with Gasteiger partial charge in [0.2, 0.25) is 0 Å². The first-order valence-corrected chi connectivity index (χ1v) is 10.6. The van der Waals surface area contributed by atoms with Crippen molar-refractivity contribution in [3.8, 4) is 0 Å². The summed E-state index contributed by atoms with van der Waals surface area (Å²) < 4.78 is 29.2. The van der Waals surface area contributed by atoms with E-state index in [0.29, 0.717) is 38.2 Å². The number of halogens is 2. The van der Waals surface area contributed by atoms with E-state index in [0.717, 1.165) is 39.4 Å². The molecule has 2 heterocycles. The van der Waals surface area contributed by atoms with Crippen LogP contribution in [0.3, 0.4) is 0 Å². The van der Waals surface area contributed by atoms with Gasteiger partial charge in [-0.25, -0.2) is 8.78 Å². The highest BCUT2D eigenvalue weighted by Crippen LogP contribution is 2.37. The molecule has 0 amide bonds. The van der Waals surface area contributed by atoms with Crippen molar-refractivity contribution in [1.82, 2.24) is 9.47 Å². The molecule has 0 radical (unpaired) electrons. The fraction of sp³-hybridized carbons (Fsp3) is 0.417. The Labute approximate surface area is 173 Å². The minimum Gasteiger partial charge on any atom is -0.339 e. The van der Waals surface area contributed by atoms with E-state index in [1.807, 2.05) is 30.3 Å². The summed E-state index contributed by atoms with van der Waals surface area (Å²) in [5.41, 5.74) is 4.57. The van der Waals surface area contributed by atoms with Crippen molar-refractivity contribution < 1.29 is 18.4 Å². The molecule has 0 unspecified atom stereocenters. The molecule has 30 heavy (non-hydrogen) atoms. The molecule has 1 fully saturated rings. The van der Waals surface area contributed by atoms with E-state index in [9.17, 15) is 18.4 Å². The normalized spacial score (nSPS) is 19.0. The molecule has 1 aliphatic carbocycles. The predicted molar refractivity (Wildman–Crippen MR) is 113 cm³/mol. The maximum absolute atomic E-state index is 13.5. The van der Waals surface area contributed by atoms with E-state index in [-0.39, 0.29) is 24.4 Å². The molecule has 0 saturated carbocycles. The number of nitrogens with zero attached hydrogens (tertiary/aromatic N) is 2. The maximum atomic E-state index is 13.5. The highest BCUT2D eigenvalue weighted by molar-refractivity contribution is 6.16. The van der Waals surface area contributed by atoms with Gasteiger partial charge in [0.15, 0.2) is 11.6 Å². The summed E-state index contributed by atoms with van der Waals surface area (Å²) in [6.07, 6.45) is 1.07. The van der Waals surface area contributed by atoms with E-state index in [4.69, 9.17) is 0 Å². The third-order valence-electron chi connectivity index (χ3n) is 6.67. The number of Topliss-reactive ketones (excluding diaryl/α,β-unsaturated/α-hetero) is 2. The smallest absolute Gasteiger partial charge is 0.250 e. The van der Waals surface area contributed by atoms with Gasteiger partial charge in [-0.1, -0.05) is 0 Å². The molecule has 3 aromatic rings. The number of benzene rings is 2. The SMILES string of the molecule is CC(=O)c1ccc2c(c1)c1c3c(ccc1n2CCN1CCC(F)(F)CC1)C(=O)CC3. The summed E-state index contributed by atoms with van der Waals surface area (Å²) in [6.45, 7) is 3.74. The molecule has 0 atom stereocenters. The highest BCUT2D eigenvalue weighted by Gasteiger charge is 2.34. The van der Waals surface area contributed by atoms with Crippen LogP contribution in [0.1, 0.15) is 52.5 Å². The Balaban J connectivity index is 1.59. The lowest BCUT2D eigenvalue weighted by molar-refractivity contribution is -0.0553. The Morgan fingerprint density at radius 2 is 1.77 bits per heavy atom. The van der Waals surface area contributed by atoms with E-state index < -0.39 is 5.92 Å². The molecule has 0 spiro atoms. The lowest BCUT2D eigenvalue weighted by atomic mass is 10.0. The quantitative estimate of drug-likeness (QED) is 0.577. The number of likely N-dealkylation sites (tertiary alicyclic amines) is 1. The van der Waals surface area contributed by atoms with Gasteiger partial charge >= 0.3 is 0 Å². The average molecular weight is 410 g/mol. The Morgan fingerprint density at radius 1 is 1.03 bits per heavy atom. The molecule has 6 heteroatoms. The molecule has 5 rings (SSSR count). The van der Waals surface area contributed by atoms with Gasteiger partial charge in [-0.05, 0) is 49.2 Å². The van der Waals surface area contributed by atoms with E-state index in [2.05, 4.69) is 9.47 Å². The zero-order chi connectivity index (χ0) is 21.0. The van der Waals surface area contributed by atoms with Crippen molar-refractivity contribution in [2.45, 2.75) is 45.1 Å². The molecule has 2 aliphatic rings. The number of alkyl halides is 2. The molecule has 1 aliphatic heterocycles. The van der Waals surface area contributed by atoms with Crippen molar-refractivity contribution >= 4 is 33.4 Å². The highest BCUT2D eigenvalue weighted by atomic mass is 19.3. The number of fused-ring (bicyclic) bond motifs is 5. The lowest BCUT2D eigenvalue weighted by Crippen LogP contribution is -2.40. The van der Waals surface area contributed by atoms with Gasteiger partial charge in [-0.3, -0.25) is 9.59 Å². The van der Waals surface area contributed by atoms with Crippen LogP contribution in [-0.4, -0.2) is 46.6 Å². The van der Waals surface area contributed by atoms with Crippen molar-refractivity contribution in [1.29, 1.82) is 0 Å². The molecule has 0 bridgehead atoms. The van der Waals surface area contributed by atoms with Crippen LogP contribution < -0.4 is 0 Å². The van der Waals surface area contributed by atoms with Crippen LogP contribution in [-0.2, 0) is 13.0 Å². The second kappa shape index (κ2) is 6.98. The number of rotatable bonds is 4. The number of aromatic nitrogens is 1. The Hall–Kier alpha value is -2.60. The van der Waals surface area contributed by atoms with Gasteiger partial charge in [0.05, 0.1) is 0 Å². The minimum atomic E-state index is -2.54. The number of hydrogen-bond acceptors (Lipinski definition) is 3. The molecule has 156 valence electrons. The third-order valence-corrected chi connectivity index (χ3v) is 6.67. The predicted octanol–water partition coefficient (Wildman–Crippen LogP) is 4.86. The van der Waals surface area contributed by atoms with Crippen molar-refractivity contribution in [2.75, 3.05) is 19.6 Å². The molecule has 4 nitrogen and oxygen atoms in total. The van der Waals surface area contributed by atoms with E-state index in [1.165, 1.54) is 0 Å². The van der Waals surface area contributed by atoms with Crippen molar-refractivity contribution in [2.24, 2.45) is 0 Å². The molecule has 1 aromatic heterocycles. The zero-order valence-electron chi connectivity index (χ0n) is 17.0. The van der Waals surface area contributed by atoms with Crippen LogP contribution in [0, 0.1) is 0 Å². The Kier molecular flexibility index (Phi) is 4.51. The number of carbonyl (C=O) groups excluding carboxylic acids is 2. The largest absolute Gasteiger partial charge is 0.339 e. The van der Waals surface area contributed by atoms with Crippen LogP contribution in [0.15, 0.2) is 30.3 Å². The van der Waals surface area contributed by atoms with Crippen molar-refractivity contribution in [3.63, 3.8) is 0 Å². The van der Waals surface area contributed by atoms with Gasteiger partial charge < -0.3 is 9.47 Å². The van der Waals surface area contributed by atoms with Crippen LogP contribution in [0.5, 0.6) is 0 Å². The standard InChI is InChI=1S/C24H24F2N2O2/c1-15(29)16-2-5-20-19(14-16)23-18-4-7-22(30)17(18)3-6-21(23)28(20)13-12-27-10-8-24(25,26)9-11-27/h2-3,5-6,14H,4,7-13H2,1H3. The number of piperidine rings is 1. The Bertz CT molecular complexity index is 1190. The van der Waals surface area contributed by atoms with Crippen LogP contribution in [0.25, 0.3) is 21.8 Å². The maximum Gasteiger partial charge on any atom is 0.250 e. The average Bonchev–Trinajstić information content (AvgIpc) is 3.24. The molecular weight excluding hydrogens is 386 g/mol. The summed E-state index contributed by atoms with van der Waals surface area (Å²) in [4.78, 5) is 26.3. The van der Waals surface area contributed by atoms with E-state index >= 15 is 0 Å². The fourth-order valence-electron chi connectivity index (χ4n) is 4.96. The first kappa shape index (κ1) is 19.4. The second-order valence-electron chi connectivity index (χ2n) is 8.55. The minimum absolute atomic E-state index is 0.00991. The molecular formula is C24H24F2N2O2. The van der Waals surface area contributed by atoms with Gasteiger partial charge in [-0.2, -0.15) is 0 Å². The monoisotopic (exact) mass is 410 g/mol. The first-order valence-electron chi connectivity index (χ1n) is 10.6. The second-order valence-corrected chi connectivity index (χ2v) is 8.55. The van der Waals surface area contributed by atoms with Crippen LogP contribution >= 0.6 is 0 Å². The zero-order valence-corrected chi connectivity index (χ0v) is 17.0. The number of hydrogen-bond donors (Lipinski definition) is 0. The van der Waals surface area contributed by atoms with Gasteiger partial charge in [0.1, 0.15) is 0 Å². The molecule has 1 saturated heterocycles. The first-order chi connectivity index (χ1) is 14.3. The van der Waals surface area contributed by atoms with Crippen LogP contribution in [0.4, 0.5) is 8.78 Å². The van der Waals surface area contributed by atoms with Crippen LogP contribution in [0.2, 0.25) is 0 Å². The van der Waals surface area contributed by atoms with Gasteiger partial charge in [0.25, 0.3) is 5.92 Å². The van der Waals surface area contributed by atoms with Gasteiger partial charge in [-0.15, -0.1) is 0 Å². The lowest BCUT2D eigenvalue weighted by Gasteiger charge is -2.31. The molecule has 2 aromatic carbocycles. The number of ketones is 2. The summed E-state index contributed by atoms with van der Waals surface area (Å²) in [5, 5.41) is 2.05. The molecule has 0 N–H and O–H groups in total. The summed E-state index contributed by atoms with van der Waals surface area (Å²) >= 11 is 0. The summed E-state index contributed by atoms with van der Waals surface area (Å²) in [7, 11) is 0. The number of carbonyl (C=O) groups is 2. The van der Waals surface area contributed by atoms with Crippen molar-refractivity contribution in [3.05, 3.63) is 47.0 Å². The van der Waals surface area contributed by atoms with E-state index in [1.54, 1.807) is 6.92 Å².